The molecule has 3 aromatic rings. The number of ether oxygens (including phenoxy) is 1. The van der Waals surface area contributed by atoms with Crippen LogP contribution in [0.3, 0.4) is 0 Å². The van der Waals surface area contributed by atoms with E-state index in [1.54, 1.807) is 6.21 Å². The molecule has 0 spiro atoms. The summed E-state index contributed by atoms with van der Waals surface area (Å²) >= 11 is 0. The van der Waals surface area contributed by atoms with Gasteiger partial charge in [0.15, 0.2) is 0 Å². The van der Waals surface area contributed by atoms with Crippen LogP contribution in [-0.2, 0) is 22.6 Å². The maximum absolute atomic E-state index is 12.4. The number of nitrogens with one attached hydrogen (secondary N) is 1. The molecule has 0 saturated carbocycles. The smallest absolute Gasteiger partial charge is 0.260 e. The van der Waals surface area contributed by atoms with Gasteiger partial charge in [0.25, 0.3) is 5.91 Å². The summed E-state index contributed by atoms with van der Waals surface area (Å²) in [6.45, 7) is 7.97. The lowest BCUT2D eigenvalue weighted by Gasteiger charge is -2.14. The summed E-state index contributed by atoms with van der Waals surface area (Å²) in [6.07, 6.45) is 4.25. The van der Waals surface area contributed by atoms with E-state index in [9.17, 15) is 4.79 Å². The number of hydrogen-bond donors (Lipinski definition) is 1. The van der Waals surface area contributed by atoms with Crippen LogP contribution in [0.25, 0.3) is 11.0 Å². The molecule has 1 atom stereocenters. The number of aromatic nitrogens is 3. The number of benzene rings is 1. The molecule has 1 aliphatic heterocycles. The number of carbonyl (C=O) groups excluding carboxylic acids is 1. The maximum Gasteiger partial charge on any atom is 0.260 e. The fourth-order valence-electron chi connectivity index (χ4n) is 3.98. The van der Waals surface area contributed by atoms with Crippen molar-refractivity contribution in [3.8, 4) is 0 Å². The standard InChI is InChI=1S/C22H27N5O2/c1-15-11-18(16(2)26(15)13-19-7-6-10-29-19)12-23-25-22(28)14-27-17(3)24-20-8-4-5-9-21(20)27/h4-5,8-9,11-12,19H,6-7,10,13-14H2,1-3H3,(H,25,28)/b23-12-/t19-/m1/s1. The minimum Gasteiger partial charge on any atom is -0.376 e. The first kappa shape index (κ1) is 19.4. The average Bonchev–Trinajstić information content (AvgIpc) is 3.38. The van der Waals surface area contributed by atoms with Gasteiger partial charge in [0.2, 0.25) is 0 Å². The Hall–Kier alpha value is -2.93. The Morgan fingerprint density at radius 3 is 2.93 bits per heavy atom. The van der Waals surface area contributed by atoms with Crippen molar-refractivity contribution in [1.82, 2.24) is 19.5 Å². The third-order valence-corrected chi connectivity index (χ3v) is 5.56. The summed E-state index contributed by atoms with van der Waals surface area (Å²) in [4.78, 5) is 16.9. The highest BCUT2D eigenvalue weighted by Gasteiger charge is 2.18. The lowest BCUT2D eigenvalue weighted by Crippen LogP contribution is -2.23. The van der Waals surface area contributed by atoms with Gasteiger partial charge in [-0.15, -0.1) is 0 Å². The van der Waals surface area contributed by atoms with Crippen LogP contribution in [0.5, 0.6) is 0 Å². The first-order valence-electron chi connectivity index (χ1n) is 10.0. The number of hydrogen-bond acceptors (Lipinski definition) is 4. The fourth-order valence-corrected chi connectivity index (χ4v) is 3.98. The van der Waals surface area contributed by atoms with E-state index in [1.807, 2.05) is 35.8 Å². The Bertz CT molecular complexity index is 1060. The van der Waals surface area contributed by atoms with Crippen molar-refractivity contribution >= 4 is 23.2 Å². The van der Waals surface area contributed by atoms with Crippen LogP contribution in [0.1, 0.15) is 35.6 Å². The Morgan fingerprint density at radius 1 is 1.31 bits per heavy atom. The third kappa shape index (κ3) is 4.10. The van der Waals surface area contributed by atoms with Gasteiger partial charge in [-0.25, -0.2) is 10.4 Å². The molecule has 0 bridgehead atoms. The lowest BCUT2D eigenvalue weighted by molar-refractivity contribution is -0.121. The molecule has 7 nitrogen and oxygen atoms in total. The largest absolute Gasteiger partial charge is 0.376 e. The number of amides is 1. The second-order valence-corrected chi connectivity index (χ2v) is 7.60. The van der Waals surface area contributed by atoms with Gasteiger partial charge in [0.05, 0.1) is 23.4 Å². The number of imidazole rings is 1. The first-order valence-corrected chi connectivity index (χ1v) is 10.0. The van der Waals surface area contributed by atoms with Gasteiger partial charge in [-0.3, -0.25) is 4.79 Å². The highest BCUT2D eigenvalue weighted by atomic mass is 16.5. The zero-order chi connectivity index (χ0) is 20.4. The van der Waals surface area contributed by atoms with Crippen molar-refractivity contribution in [2.45, 2.75) is 52.8 Å². The van der Waals surface area contributed by atoms with Gasteiger partial charge >= 0.3 is 0 Å². The summed E-state index contributed by atoms with van der Waals surface area (Å²) in [7, 11) is 0. The van der Waals surface area contributed by atoms with Crippen molar-refractivity contribution in [3.05, 3.63) is 53.1 Å². The monoisotopic (exact) mass is 393 g/mol. The number of aryl methyl sites for hydroxylation is 2. The van der Waals surface area contributed by atoms with Crippen LogP contribution >= 0.6 is 0 Å². The van der Waals surface area contributed by atoms with E-state index in [2.05, 4.69) is 40.0 Å². The topological polar surface area (TPSA) is 73.4 Å². The molecule has 1 N–H and O–H groups in total. The van der Waals surface area contributed by atoms with Crippen molar-refractivity contribution < 1.29 is 9.53 Å². The van der Waals surface area contributed by atoms with Crippen molar-refractivity contribution in [1.29, 1.82) is 0 Å². The first-order chi connectivity index (χ1) is 14.0. The minimum atomic E-state index is -0.180. The second-order valence-electron chi connectivity index (χ2n) is 7.60. The van der Waals surface area contributed by atoms with E-state index in [-0.39, 0.29) is 18.6 Å². The molecule has 7 heteroatoms. The van der Waals surface area contributed by atoms with Gasteiger partial charge < -0.3 is 13.9 Å². The quantitative estimate of drug-likeness (QED) is 0.517. The number of carbonyl (C=O) groups is 1. The molecule has 0 unspecified atom stereocenters. The molecular weight excluding hydrogens is 366 g/mol. The molecule has 1 amide bonds. The normalized spacial score (nSPS) is 16.9. The highest BCUT2D eigenvalue weighted by molar-refractivity contribution is 5.84. The Kier molecular flexibility index (Phi) is 5.49. The van der Waals surface area contributed by atoms with Gasteiger partial charge in [-0.2, -0.15) is 5.10 Å². The predicted octanol–water partition coefficient (Wildman–Crippen LogP) is 3.09. The van der Waals surface area contributed by atoms with Crippen LogP contribution in [0.2, 0.25) is 0 Å². The van der Waals surface area contributed by atoms with Gasteiger partial charge in [-0.05, 0) is 51.8 Å². The molecular formula is C22H27N5O2. The van der Waals surface area contributed by atoms with Crippen LogP contribution in [0, 0.1) is 20.8 Å². The van der Waals surface area contributed by atoms with Crippen LogP contribution in [0.15, 0.2) is 35.4 Å². The van der Waals surface area contributed by atoms with Gasteiger partial charge in [0, 0.05) is 30.1 Å². The van der Waals surface area contributed by atoms with Crippen LogP contribution in [-0.4, -0.2) is 39.0 Å². The minimum absolute atomic E-state index is 0.180. The second kappa shape index (κ2) is 8.21. The van der Waals surface area contributed by atoms with Gasteiger partial charge in [0.1, 0.15) is 12.4 Å². The van der Waals surface area contributed by atoms with E-state index < -0.39 is 0 Å². The number of hydrazone groups is 1. The molecule has 29 heavy (non-hydrogen) atoms. The summed E-state index contributed by atoms with van der Waals surface area (Å²) in [5.74, 6) is 0.628. The lowest BCUT2D eigenvalue weighted by atomic mass is 10.2. The summed E-state index contributed by atoms with van der Waals surface area (Å²) in [5, 5.41) is 4.18. The highest BCUT2D eigenvalue weighted by Crippen LogP contribution is 2.19. The zero-order valence-corrected chi connectivity index (χ0v) is 17.2. The molecule has 2 aromatic heterocycles. The molecule has 0 aliphatic carbocycles. The van der Waals surface area contributed by atoms with Crippen molar-refractivity contribution in [2.24, 2.45) is 5.10 Å². The molecule has 1 aromatic carbocycles. The maximum atomic E-state index is 12.4. The number of rotatable bonds is 6. The molecule has 1 saturated heterocycles. The predicted molar refractivity (Wildman–Crippen MR) is 113 cm³/mol. The Labute approximate surface area is 170 Å². The fraction of sp³-hybridized carbons (Fsp3) is 0.409. The van der Waals surface area contributed by atoms with Gasteiger partial charge in [-0.1, -0.05) is 12.1 Å². The SMILES string of the molecule is Cc1cc(/C=N\NC(=O)Cn2c(C)nc3ccccc32)c(C)n1C[C@H]1CCCO1. The van der Waals surface area contributed by atoms with E-state index in [4.69, 9.17) is 4.74 Å². The van der Waals surface area contributed by atoms with Crippen molar-refractivity contribution in [2.75, 3.05) is 6.61 Å². The van der Waals surface area contributed by atoms with Crippen LogP contribution in [0.4, 0.5) is 0 Å². The molecule has 4 rings (SSSR count). The Morgan fingerprint density at radius 2 is 2.14 bits per heavy atom. The number of fused-ring (bicyclic) bond motifs is 1. The van der Waals surface area contributed by atoms with Crippen LogP contribution < -0.4 is 5.43 Å². The molecule has 1 aliphatic rings. The Balaban J connectivity index is 1.41. The van der Waals surface area contributed by atoms with E-state index >= 15 is 0 Å². The third-order valence-electron chi connectivity index (χ3n) is 5.56. The summed E-state index contributed by atoms with van der Waals surface area (Å²) in [5.41, 5.74) is 7.78. The molecule has 152 valence electrons. The van der Waals surface area contributed by atoms with E-state index in [1.165, 1.54) is 5.69 Å². The summed E-state index contributed by atoms with van der Waals surface area (Å²) in [6, 6.07) is 9.89. The van der Waals surface area contributed by atoms with Crippen molar-refractivity contribution in [3.63, 3.8) is 0 Å². The van der Waals surface area contributed by atoms with E-state index in [0.717, 1.165) is 54.1 Å². The average molecular weight is 393 g/mol. The molecule has 3 heterocycles. The zero-order valence-electron chi connectivity index (χ0n) is 17.2. The molecule has 1 fully saturated rings. The number of para-hydroxylation sites is 2. The summed E-state index contributed by atoms with van der Waals surface area (Å²) < 4.78 is 9.92. The molecule has 0 radical (unpaired) electrons. The number of nitrogens with zero attached hydrogens (tertiary/aromatic N) is 4. The van der Waals surface area contributed by atoms with E-state index in [0.29, 0.717) is 0 Å².